The van der Waals surface area contributed by atoms with Crippen LogP contribution < -0.4 is 0 Å². The van der Waals surface area contributed by atoms with Gasteiger partial charge in [0, 0.05) is 37.3 Å². The summed E-state index contributed by atoms with van der Waals surface area (Å²) in [6, 6.07) is 30.7. The van der Waals surface area contributed by atoms with Gasteiger partial charge in [-0.15, -0.1) is 0 Å². The molecule has 0 N–H and O–H groups in total. The predicted molar refractivity (Wildman–Crippen MR) is 137 cm³/mol. The standard InChI is InChI=1S/C27H16Cl3N3/c28-21-11-12-23(24(30)16-21)19-13-20(15-22(29)14-19)27-32-25(17-7-3-1-4-8-17)31-26(33-27)18-9-5-2-6-10-18/h1-16H. The van der Waals surface area contributed by atoms with Crippen LogP contribution in [0.4, 0.5) is 0 Å². The molecule has 160 valence electrons. The van der Waals surface area contributed by atoms with Crippen LogP contribution in [0.15, 0.2) is 97.1 Å². The molecule has 5 rings (SSSR count). The average molecular weight is 489 g/mol. The van der Waals surface area contributed by atoms with Crippen molar-refractivity contribution in [3.63, 3.8) is 0 Å². The van der Waals surface area contributed by atoms with Gasteiger partial charge in [0.15, 0.2) is 17.5 Å². The second-order valence-electron chi connectivity index (χ2n) is 7.39. The van der Waals surface area contributed by atoms with Gasteiger partial charge in [-0.2, -0.15) is 0 Å². The minimum Gasteiger partial charge on any atom is -0.208 e. The topological polar surface area (TPSA) is 38.7 Å². The van der Waals surface area contributed by atoms with Crippen LogP contribution in [-0.2, 0) is 0 Å². The summed E-state index contributed by atoms with van der Waals surface area (Å²) < 4.78 is 0. The third-order valence-corrected chi connectivity index (χ3v) is 5.86. The lowest BCUT2D eigenvalue weighted by Gasteiger charge is -2.11. The van der Waals surface area contributed by atoms with Crippen LogP contribution in [0.2, 0.25) is 15.1 Å². The highest BCUT2D eigenvalue weighted by atomic mass is 35.5. The van der Waals surface area contributed by atoms with Gasteiger partial charge in [-0.3, -0.25) is 0 Å². The van der Waals surface area contributed by atoms with E-state index in [1.165, 1.54) is 0 Å². The Hall–Kier alpha value is -3.24. The van der Waals surface area contributed by atoms with E-state index in [2.05, 4.69) is 0 Å². The SMILES string of the molecule is Clc1cc(-c2nc(-c3ccccc3)nc(-c3ccccc3)n2)cc(-c2ccc(Cl)cc2Cl)c1. The number of hydrogen-bond acceptors (Lipinski definition) is 3. The molecule has 0 atom stereocenters. The Morgan fingerprint density at radius 2 is 0.939 bits per heavy atom. The van der Waals surface area contributed by atoms with E-state index in [-0.39, 0.29) is 0 Å². The molecule has 0 bridgehead atoms. The zero-order chi connectivity index (χ0) is 22.8. The highest BCUT2D eigenvalue weighted by Gasteiger charge is 2.14. The van der Waals surface area contributed by atoms with Crippen LogP contribution >= 0.6 is 34.8 Å². The molecule has 1 heterocycles. The van der Waals surface area contributed by atoms with Crippen molar-refractivity contribution in [2.75, 3.05) is 0 Å². The third kappa shape index (κ3) is 4.76. The van der Waals surface area contributed by atoms with Gasteiger partial charge in [-0.25, -0.2) is 15.0 Å². The molecule has 0 amide bonds. The summed E-state index contributed by atoms with van der Waals surface area (Å²) in [6.07, 6.45) is 0. The summed E-state index contributed by atoms with van der Waals surface area (Å²) in [6.45, 7) is 0. The smallest absolute Gasteiger partial charge is 0.164 e. The number of aromatic nitrogens is 3. The van der Waals surface area contributed by atoms with Crippen molar-refractivity contribution in [2.45, 2.75) is 0 Å². The van der Waals surface area contributed by atoms with Crippen molar-refractivity contribution in [1.82, 2.24) is 15.0 Å². The molecule has 0 unspecified atom stereocenters. The van der Waals surface area contributed by atoms with Crippen molar-refractivity contribution in [2.24, 2.45) is 0 Å². The average Bonchev–Trinajstić information content (AvgIpc) is 2.84. The second-order valence-corrected chi connectivity index (χ2v) is 8.67. The van der Waals surface area contributed by atoms with Gasteiger partial charge in [0.1, 0.15) is 0 Å². The van der Waals surface area contributed by atoms with Crippen molar-refractivity contribution in [1.29, 1.82) is 0 Å². The predicted octanol–water partition coefficient (Wildman–Crippen LogP) is 8.50. The fourth-order valence-electron chi connectivity index (χ4n) is 3.54. The highest BCUT2D eigenvalue weighted by molar-refractivity contribution is 6.36. The number of rotatable bonds is 4. The zero-order valence-electron chi connectivity index (χ0n) is 17.2. The van der Waals surface area contributed by atoms with E-state index in [0.717, 1.165) is 27.8 Å². The summed E-state index contributed by atoms with van der Waals surface area (Å²) >= 11 is 19.0. The molecule has 0 aliphatic heterocycles. The molecule has 33 heavy (non-hydrogen) atoms. The van der Waals surface area contributed by atoms with Crippen LogP contribution in [0.5, 0.6) is 0 Å². The largest absolute Gasteiger partial charge is 0.208 e. The Morgan fingerprint density at radius 3 is 1.48 bits per heavy atom. The molecular formula is C27H16Cl3N3. The first-order valence-corrected chi connectivity index (χ1v) is 11.3. The van der Waals surface area contributed by atoms with Gasteiger partial charge in [-0.05, 0) is 35.9 Å². The van der Waals surface area contributed by atoms with E-state index in [0.29, 0.717) is 32.5 Å². The zero-order valence-corrected chi connectivity index (χ0v) is 19.5. The van der Waals surface area contributed by atoms with Crippen molar-refractivity contribution in [3.8, 4) is 45.3 Å². The van der Waals surface area contributed by atoms with Crippen LogP contribution in [0.3, 0.4) is 0 Å². The van der Waals surface area contributed by atoms with E-state index in [4.69, 9.17) is 49.8 Å². The van der Waals surface area contributed by atoms with Crippen LogP contribution in [-0.4, -0.2) is 15.0 Å². The molecule has 0 aliphatic carbocycles. The molecule has 0 saturated carbocycles. The maximum Gasteiger partial charge on any atom is 0.164 e. The first-order valence-electron chi connectivity index (χ1n) is 10.2. The first-order chi connectivity index (χ1) is 16.1. The normalized spacial score (nSPS) is 10.9. The lowest BCUT2D eigenvalue weighted by atomic mass is 10.0. The van der Waals surface area contributed by atoms with Crippen molar-refractivity contribution in [3.05, 3.63) is 112 Å². The van der Waals surface area contributed by atoms with Crippen LogP contribution in [0.25, 0.3) is 45.3 Å². The molecule has 0 saturated heterocycles. The summed E-state index contributed by atoms with van der Waals surface area (Å²) in [7, 11) is 0. The Balaban J connectivity index is 1.70. The van der Waals surface area contributed by atoms with E-state index in [9.17, 15) is 0 Å². The summed E-state index contributed by atoms with van der Waals surface area (Å²) in [4.78, 5) is 14.3. The Labute approximate surface area is 206 Å². The first kappa shape index (κ1) is 21.6. The van der Waals surface area contributed by atoms with E-state index in [1.807, 2.05) is 84.9 Å². The van der Waals surface area contributed by atoms with E-state index in [1.54, 1.807) is 12.1 Å². The highest BCUT2D eigenvalue weighted by Crippen LogP contribution is 2.35. The molecule has 5 aromatic rings. The lowest BCUT2D eigenvalue weighted by Crippen LogP contribution is -2.00. The summed E-state index contributed by atoms with van der Waals surface area (Å²) in [5.74, 6) is 1.70. The number of hydrogen-bond donors (Lipinski definition) is 0. The third-order valence-electron chi connectivity index (χ3n) is 5.10. The van der Waals surface area contributed by atoms with Gasteiger partial charge in [-0.1, -0.05) is 102 Å². The minimum absolute atomic E-state index is 0.525. The molecule has 6 heteroatoms. The lowest BCUT2D eigenvalue weighted by molar-refractivity contribution is 1.07. The molecule has 3 nitrogen and oxygen atoms in total. The van der Waals surface area contributed by atoms with E-state index < -0.39 is 0 Å². The van der Waals surface area contributed by atoms with Gasteiger partial charge >= 0.3 is 0 Å². The Kier molecular flexibility index (Phi) is 6.10. The van der Waals surface area contributed by atoms with Crippen LogP contribution in [0, 0.1) is 0 Å². The molecule has 0 fully saturated rings. The quantitative estimate of drug-likeness (QED) is 0.254. The second kappa shape index (κ2) is 9.32. The van der Waals surface area contributed by atoms with Gasteiger partial charge in [0.2, 0.25) is 0 Å². The maximum absolute atomic E-state index is 6.51. The summed E-state index contributed by atoms with van der Waals surface area (Å²) in [5.41, 5.74) is 4.25. The van der Waals surface area contributed by atoms with Gasteiger partial charge in [0.05, 0.1) is 0 Å². The minimum atomic E-state index is 0.525. The van der Waals surface area contributed by atoms with Gasteiger partial charge < -0.3 is 0 Å². The number of benzene rings is 4. The maximum atomic E-state index is 6.51. The molecular weight excluding hydrogens is 473 g/mol. The number of halogens is 3. The van der Waals surface area contributed by atoms with Gasteiger partial charge in [0.25, 0.3) is 0 Å². The van der Waals surface area contributed by atoms with E-state index >= 15 is 0 Å². The Morgan fingerprint density at radius 1 is 0.424 bits per heavy atom. The van der Waals surface area contributed by atoms with Crippen molar-refractivity contribution < 1.29 is 0 Å². The molecule has 0 aliphatic rings. The molecule has 1 aromatic heterocycles. The summed E-state index contributed by atoms with van der Waals surface area (Å²) in [5, 5.41) is 1.67. The number of nitrogens with zero attached hydrogens (tertiary/aromatic N) is 3. The molecule has 4 aromatic carbocycles. The van der Waals surface area contributed by atoms with Crippen LogP contribution in [0.1, 0.15) is 0 Å². The monoisotopic (exact) mass is 487 g/mol. The fraction of sp³-hybridized carbons (Fsp3) is 0. The Bertz CT molecular complexity index is 1380. The van der Waals surface area contributed by atoms with Crippen molar-refractivity contribution >= 4 is 34.8 Å². The fourth-order valence-corrected chi connectivity index (χ4v) is 4.29. The molecule has 0 radical (unpaired) electrons. The molecule has 0 spiro atoms.